The number of nitrogens with zero attached hydrogens (tertiary/aromatic N) is 2. The number of aryl methyl sites for hydroxylation is 1. The second kappa shape index (κ2) is 4.54. The summed E-state index contributed by atoms with van der Waals surface area (Å²) in [4.78, 5) is 0. The first-order valence-corrected chi connectivity index (χ1v) is 4.52. The molecule has 0 aliphatic heterocycles. The Bertz CT molecular complexity index is 309. The fourth-order valence-corrected chi connectivity index (χ4v) is 1.40. The van der Waals surface area contributed by atoms with E-state index in [2.05, 4.69) is 5.10 Å². The molecular formula is C9H16N2O3. The van der Waals surface area contributed by atoms with E-state index in [1.165, 1.54) is 0 Å². The molecule has 0 aliphatic rings. The van der Waals surface area contributed by atoms with Gasteiger partial charge in [0.05, 0.1) is 31.6 Å². The maximum atomic E-state index is 9.24. The molecule has 1 heterocycles. The lowest BCUT2D eigenvalue weighted by atomic mass is 10.2. The van der Waals surface area contributed by atoms with Crippen LogP contribution < -0.4 is 0 Å². The van der Waals surface area contributed by atoms with Gasteiger partial charge in [0, 0.05) is 11.3 Å². The third-order valence-electron chi connectivity index (χ3n) is 2.28. The Balaban J connectivity index is 2.88. The number of aliphatic hydroxyl groups excluding tert-OH is 3. The van der Waals surface area contributed by atoms with Crippen molar-refractivity contribution in [1.29, 1.82) is 0 Å². The normalized spacial score (nSPS) is 13.2. The summed E-state index contributed by atoms with van der Waals surface area (Å²) in [6.45, 7) is 3.55. The van der Waals surface area contributed by atoms with Crippen LogP contribution in [0.2, 0.25) is 0 Å². The molecule has 0 amide bonds. The average molecular weight is 200 g/mol. The first-order chi connectivity index (χ1) is 6.60. The number of aliphatic hydroxyl groups is 3. The van der Waals surface area contributed by atoms with E-state index in [9.17, 15) is 5.11 Å². The molecule has 0 aromatic carbocycles. The summed E-state index contributed by atoms with van der Waals surface area (Å²) in [5.41, 5.74) is 2.38. The lowest BCUT2D eigenvalue weighted by Gasteiger charge is -2.08. The van der Waals surface area contributed by atoms with Gasteiger partial charge in [-0.3, -0.25) is 4.68 Å². The molecule has 0 saturated carbocycles. The number of hydrogen-bond acceptors (Lipinski definition) is 4. The minimum Gasteiger partial charge on any atom is -0.394 e. The monoisotopic (exact) mass is 200 g/mol. The minimum atomic E-state index is -0.806. The van der Waals surface area contributed by atoms with Crippen LogP contribution >= 0.6 is 0 Å². The molecule has 5 nitrogen and oxygen atoms in total. The summed E-state index contributed by atoms with van der Waals surface area (Å²) in [6.07, 6.45) is -0.806. The van der Waals surface area contributed by atoms with Crippen LogP contribution in [-0.2, 0) is 13.2 Å². The smallest absolute Gasteiger partial charge is 0.0966 e. The van der Waals surface area contributed by atoms with Gasteiger partial charge in [0.15, 0.2) is 0 Å². The van der Waals surface area contributed by atoms with E-state index in [0.717, 1.165) is 17.0 Å². The van der Waals surface area contributed by atoms with Crippen LogP contribution in [0.3, 0.4) is 0 Å². The highest BCUT2D eigenvalue weighted by atomic mass is 16.3. The van der Waals surface area contributed by atoms with Crippen LogP contribution in [0.15, 0.2) is 0 Å². The van der Waals surface area contributed by atoms with E-state index >= 15 is 0 Å². The SMILES string of the molecule is Cc1nn(CC(O)CO)c(C)c1CO. The molecule has 1 atom stereocenters. The molecule has 1 aromatic rings. The zero-order valence-corrected chi connectivity index (χ0v) is 8.43. The number of aromatic nitrogens is 2. The van der Waals surface area contributed by atoms with Crippen molar-refractivity contribution >= 4 is 0 Å². The van der Waals surface area contributed by atoms with Crippen molar-refractivity contribution in [3.63, 3.8) is 0 Å². The van der Waals surface area contributed by atoms with Crippen molar-refractivity contribution in [2.45, 2.75) is 33.1 Å². The average Bonchev–Trinajstić information content (AvgIpc) is 2.42. The predicted molar refractivity (Wildman–Crippen MR) is 50.7 cm³/mol. The highest BCUT2D eigenvalue weighted by molar-refractivity contribution is 5.23. The molecule has 1 aromatic heterocycles. The Morgan fingerprint density at radius 3 is 2.43 bits per heavy atom. The summed E-state index contributed by atoms with van der Waals surface area (Å²) < 4.78 is 1.60. The molecule has 3 N–H and O–H groups in total. The fraction of sp³-hybridized carbons (Fsp3) is 0.667. The Hall–Kier alpha value is -0.910. The zero-order valence-electron chi connectivity index (χ0n) is 8.43. The van der Waals surface area contributed by atoms with Gasteiger partial charge in [-0.25, -0.2) is 0 Å². The Labute approximate surface area is 82.6 Å². The molecule has 14 heavy (non-hydrogen) atoms. The quantitative estimate of drug-likeness (QED) is 0.603. The van der Waals surface area contributed by atoms with E-state index in [1.54, 1.807) is 11.6 Å². The van der Waals surface area contributed by atoms with Crippen molar-refractivity contribution in [2.24, 2.45) is 0 Å². The van der Waals surface area contributed by atoms with E-state index in [0.29, 0.717) is 0 Å². The summed E-state index contributed by atoms with van der Waals surface area (Å²) in [5, 5.41) is 31.1. The van der Waals surface area contributed by atoms with Gasteiger partial charge in [-0.1, -0.05) is 0 Å². The predicted octanol–water partition coefficient (Wildman–Crippen LogP) is -0.655. The Morgan fingerprint density at radius 2 is 2.00 bits per heavy atom. The van der Waals surface area contributed by atoms with Gasteiger partial charge in [0.25, 0.3) is 0 Å². The van der Waals surface area contributed by atoms with E-state index in [-0.39, 0.29) is 19.8 Å². The molecule has 0 radical (unpaired) electrons. The van der Waals surface area contributed by atoms with Crippen LogP contribution in [0, 0.1) is 13.8 Å². The van der Waals surface area contributed by atoms with Crippen LogP contribution in [0.1, 0.15) is 17.0 Å². The van der Waals surface area contributed by atoms with E-state index in [4.69, 9.17) is 10.2 Å². The highest BCUT2D eigenvalue weighted by Gasteiger charge is 2.12. The minimum absolute atomic E-state index is 0.0487. The van der Waals surface area contributed by atoms with Crippen molar-refractivity contribution in [1.82, 2.24) is 9.78 Å². The summed E-state index contributed by atoms with van der Waals surface area (Å²) in [5.74, 6) is 0. The molecule has 0 aliphatic carbocycles. The largest absolute Gasteiger partial charge is 0.394 e. The molecule has 80 valence electrons. The Kier molecular flexibility index (Phi) is 3.62. The summed E-state index contributed by atoms with van der Waals surface area (Å²) in [6, 6.07) is 0. The van der Waals surface area contributed by atoms with Crippen LogP contribution in [0.5, 0.6) is 0 Å². The fourth-order valence-electron chi connectivity index (χ4n) is 1.40. The van der Waals surface area contributed by atoms with E-state index < -0.39 is 6.10 Å². The standard InChI is InChI=1S/C9H16N2O3/c1-6-9(5-13)7(2)11(10-6)3-8(14)4-12/h8,12-14H,3-5H2,1-2H3. The van der Waals surface area contributed by atoms with Crippen LogP contribution in [0.25, 0.3) is 0 Å². The molecule has 1 unspecified atom stereocenters. The van der Waals surface area contributed by atoms with Crippen LogP contribution in [0.4, 0.5) is 0 Å². The molecule has 0 spiro atoms. The second-order valence-electron chi connectivity index (χ2n) is 3.33. The number of hydrogen-bond donors (Lipinski definition) is 3. The lowest BCUT2D eigenvalue weighted by Crippen LogP contribution is -2.21. The van der Waals surface area contributed by atoms with Gasteiger partial charge in [0.2, 0.25) is 0 Å². The summed E-state index contributed by atoms with van der Waals surface area (Å²) >= 11 is 0. The first kappa shape index (κ1) is 11.2. The lowest BCUT2D eigenvalue weighted by molar-refractivity contribution is 0.0776. The Morgan fingerprint density at radius 1 is 1.36 bits per heavy atom. The maximum Gasteiger partial charge on any atom is 0.0966 e. The van der Waals surface area contributed by atoms with Gasteiger partial charge < -0.3 is 15.3 Å². The third kappa shape index (κ3) is 2.12. The molecular weight excluding hydrogens is 184 g/mol. The van der Waals surface area contributed by atoms with Crippen molar-refractivity contribution in [3.05, 3.63) is 17.0 Å². The maximum absolute atomic E-state index is 9.24. The van der Waals surface area contributed by atoms with E-state index in [1.807, 2.05) is 6.92 Å². The molecule has 0 fully saturated rings. The molecule has 5 heteroatoms. The second-order valence-corrected chi connectivity index (χ2v) is 3.33. The van der Waals surface area contributed by atoms with Crippen LogP contribution in [-0.4, -0.2) is 37.8 Å². The van der Waals surface area contributed by atoms with Gasteiger partial charge in [-0.05, 0) is 13.8 Å². The van der Waals surface area contributed by atoms with Crippen molar-refractivity contribution in [2.75, 3.05) is 6.61 Å². The highest BCUT2D eigenvalue weighted by Crippen LogP contribution is 2.12. The molecule has 1 rings (SSSR count). The first-order valence-electron chi connectivity index (χ1n) is 4.52. The van der Waals surface area contributed by atoms with Gasteiger partial charge >= 0.3 is 0 Å². The molecule has 0 bridgehead atoms. The third-order valence-corrected chi connectivity index (χ3v) is 2.28. The van der Waals surface area contributed by atoms with Crippen molar-refractivity contribution in [3.8, 4) is 0 Å². The van der Waals surface area contributed by atoms with Crippen molar-refractivity contribution < 1.29 is 15.3 Å². The zero-order chi connectivity index (χ0) is 10.7. The van der Waals surface area contributed by atoms with Gasteiger partial charge in [0.1, 0.15) is 0 Å². The summed E-state index contributed by atoms with van der Waals surface area (Å²) in [7, 11) is 0. The topological polar surface area (TPSA) is 78.5 Å². The van der Waals surface area contributed by atoms with Gasteiger partial charge in [-0.15, -0.1) is 0 Å². The molecule has 0 saturated heterocycles. The van der Waals surface area contributed by atoms with Gasteiger partial charge in [-0.2, -0.15) is 5.10 Å². The number of rotatable bonds is 4.